The van der Waals surface area contributed by atoms with Gasteiger partial charge in [0.2, 0.25) is 0 Å². The van der Waals surface area contributed by atoms with Crippen LogP contribution < -0.4 is 5.73 Å². The Hall–Kier alpha value is -0.870. The van der Waals surface area contributed by atoms with Crippen molar-refractivity contribution in [2.24, 2.45) is 11.7 Å². The second-order valence-electron chi connectivity index (χ2n) is 4.58. The van der Waals surface area contributed by atoms with Gasteiger partial charge in [0, 0.05) is 12.3 Å². The van der Waals surface area contributed by atoms with Gasteiger partial charge in [-0.05, 0) is 30.0 Å². The van der Waals surface area contributed by atoms with E-state index in [0.717, 1.165) is 12.0 Å². The molecular formula is C12H19NO2S. The molecule has 0 aliphatic rings. The van der Waals surface area contributed by atoms with Crippen molar-refractivity contribution < 1.29 is 8.42 Å². The average Bonchev–Trinajstić information content (AvgIpc) is 2.15. The Morgan fingerprint density at radius 3 is 2.06 bits per heavy atom. The lowest BCUT2D eigenvalue weighted by Crippen LogP contribution is -2.13. The summed E-state index contributed by atoms with van der Waals surface area (Å²) in [5.41, 5.74) is 6.99. The lowest BCUT2D eigenvalue weighted by atomic mass is 9.98. The van der Waals surface area contributed by atoms with Gasteiger partial charge in [0.15, 0.2) is 9.84 Å². The van der Waals surface area contributed by atoms with Crippen LogP contribution >= 0.6 is 0 Å². The Bertz CT molecular complexity index is 435. The number of hydrogen-bond acceptors (Lipinski definition) is 3. The third-order valence-corrected chi connectivity index (χ3v) is 3.59. The molecule has 0 aliphatic carbocycles. The van der Waals surface area contributed by atoms with E-state index < -0.39 is 9.84 Å². The first-order valence-electron chi connectivity index (χ1n) is 5.36. The fourth-order valence-corrected chi connectivity index (χ4v) is 2.24. The minimum absolute atomic E-state index is 0.0198. The van der Waals surface area contributed by atoms with Crippen molar-refractivity contribution in [2.45, 2.75) is 31.2 Å². The van der Waals surface area contributed by atoms with Crippen molar-refractivity contribution >= 4 is 9.84 Å². The molecule has 0 aromatic heterocycles. The van der Waals surface area contributed by atoms with Gasteiger partial charge in [0.1, 0.15) is 0 Å². The second kappa shape index (κ2) is 4.97. The zero-order chi connectivity index (χ0) is 12.3. The summed E-state index contributed by atoms with van der Waals surface area (Å²) in [6.07, 6.45) is 2.11. The molecule has 0 aliphatic heterocycles. The van der Waals surface area contributed by atoms with Gasteiger partial charge in [-0.1, -0.05) is 26.0 Å². The van der Waals surface area contributed by atoms with Crippen LogP contribution in [-0.2, 0) is 9.84 Å². The quantitative estimate of drug-likeness (QED) is 0.878. The lowest BCUT2D eigenvalue weighted by Gasteiger charge is -2.14. The molecule has 1 aromatic rings. The summed E-state index contributed by atoms with van der Waals surface area (Å²) in [4.78, 5) is 0.341. The van der Waals surface area contributed by atoms with Crippen LogP contribution in [0.1, 0.15) is 31.9 Å². The van der Waals surface area contributed by atoms with Crippen LogP contribution in [0.5, 0.6) is 0 Å². The molecular weight excluding hydrogens is 222 g/mol. The zero-order valence-electron chi connectivity index (χ0n) is 9.97. The number of hydrogen-bond donors (Lipinski definition) is 1. The Kier molecular flexibility index (Phi) is 4.10. The Morgan fingerprint density at radius 2 is 1.69 bits per heavy atom. The molecule has 2 N–H and O–H groups in total. The van der Waals surface area contributed by atoms with Gasteiger partial charge in [-0.25, -0.2) is 8.42 Å². The summed E-state index contributed by atoms with van der Waals surface area (Å²) in [5, 5.41) is 0. The summed E-state index contributed by atoms with van der Waals surface area (Å²) in [6.45, 7) is 4.23. The van der Waals surface area contributed by atoms with Crippen molar-refractivity contribution in [1.82, 2.24) is 0 Å². The van der Waals surface area contributed by atoms with Crippen LogP contribution in [0.3, 0.4) is 0 Å². The van der Waals surface area contributed by atoms with E-state index in [2.05, 4.69) is 13.8 Å². The molecule has 0 fully saturated rings. The van der Waals surface area contributed by atoms with Crippen LogP contribution in [0.15, 0.2) is 29.2 Å². The van der Waals surface area contributed by atoms with E-state index in [9.17, 15) is 8.42 Å². The summed E-state index contributed by atoms with van der Waals surface area (Å²) >= 11 is 0. The molecule has 0 bridgehead atoms. The second-order valence-corrected chi connectivity index (χ2v) is 6.59. The molecule has 0 spiro atoms. The standard InChI is InChI=1S/C12H19NO2S/c1-9(2)8-12(13)10-4-6-11(7-5-10)16(3,14)15/h4-7,9,12H,8,13H2,1-3H3/t12-/m1/s1. The molecule has 90 valence electrons. The molecule has 0 saturated carbocycles. The highest BCUT2D eigenvalue weighted by molar-refractivity contribution is 7.90. The lowest BCUT2D eigenvalue weighted by molar-refractivity contribution is 0.510. The molecule has 4 heteroatoms. The fraction of sp³-hybridized carbons (Fsp3) is 0.500. The number of benzene rings is 1. The van der Waals surface area contributed by atoms with Gasteiger partial charge in [-0.15, -0.1) is 0 Å². The Morgan fingerprint density at radius 1 is 1.19 bits per heavy atom. The molecule has 1 atom stereocenters. The van der Waals surface area contributed by atoms with Gasteiger partial charge in [-0.3, -0.25) is 0 Å². The predicted octanol–water partition coefficient (Wildman–Crippen LogP) is 2.14. The average molecular weight is 241 g/mol. The Balaban J connectivity index is 2.87. The van der Waals surface area contributed by atoms with E-state index in [4.69, 9.17) is 5.73 Å². The maximum Gasteiger partial charge on any atom is 0.175 e. The molecule has 1 aromatic carbocycles. The van der Waals surface area contributed by atoms with E-state index in [1.54, 1.807) is 24.3 Å². The third-order valence-electron chi connectivity index (χ3n) is 2.46. The van der Waals surface area contributed by atoms with Crippen LogP contribution in [0, 0.1) is 5.92 Å². The van der Waals surface area contributed by atoms with E-state index >= 15 is 0 Å². The molecule has 0 heterocycles. The van der Waals surface area contributed by atoms with Crippen LogP contribution in [0.25, 0.3) is 0 Å². The van der Waals surface area contributed by atoms with Crippen molar-refractivity contribution in [1.29, 1.82) is 0 Å². The first-order chi connectivity index (χ1) is 7.30. The van der Waals surface area contributed by atoms with Crippen molar-refractivity contribution in [3.05, 3.63) is 29.8 Å². The number of sulfone groups is 1. The highest BCUT2D eigenvalue weighted by Gasteiger charge is 2.10. The molecule has 1 rings (SSSR count). The largest absolute Gasteiger partial charge is 0.324 e. The maximum atomic E-state index is 11.3. The topological polar surface area (TPSA) is 60.2 Å². The predicted molar refractivity (Wildman–Crippen MR) is 65.9 cm³/mol. The number of nitrogens with two attached hydrogens (primary N) is 1. The molecule has 16 heavy (non-hydrogen) atoms. The van der Waals surface area contributed by atoms with Gasteiger partial charge in [0.25, 0.3) is 0 Å². The summed E-state index contributed by atoms with van der Waals surface area (Å²) in [6, 6.07) is 6.80. The van der Waals surface area contributed by atoms with E-state index in [1.165, 1.54) is 6.26 Å². The molecule has 0 radical (unpaired) electrons. The smallest absolute Gasteiger partial charge is 0.175 e. The SMILES string of the molecule is CC(C)C[C@@H](N)c1ccc(S(C)(=O)=O)cc1. The van der Waals surface area contributed by atoms with Crippen molar-refractivity contribution in [2.75, 3.05) is 6.26 Å². The third kappa shape index (κ3) is 3.61. The summed E-state index contributed by atoms with van der Waals surface area (Å²) < 4.78 is 22.5. The van der Waals surface area contributed by atoms with E-state index in [-0.39, 0.29) is 6.04 Å². The first kappa shape index (κ1) is 13.2. The minimum atomic E-state index is -3.11. The fourth-order valence-electron chi connectivity index (χ4n) is 1.61. The number of rotatable bonds is 4. The zero-order valence-corrected chi connectivity index (χ0v) is 10.8. The molecule has 0 unspecified atom stereocenters. The highest BCUT2D eigenvalue weighted by Crippen LogP contribution is 2.20. The van der Waals surface area contributed by atoms with Gasteiger partial charge in [-0.2, -0.15) is 0 Å². The van der Waals surface area contributed by atoms with Crippen molar-refractivity contribution in [3.63, 3.8) is 0 Å². The minimum Gasteiger partial charge on any atom is -0.324 e. The monoisotopic (exact) mass is 241 g/mol. The van der Waals surface area contributed by atoms with Gasteiger partial charge < -0.3 is 5.73 Å². The van der Waals surface area contributed by atoms with Crippen LogP contribution in [0.2, 0.25) is 0 Å². The normalized spacial score (nSPS) is 14.1. The van der Waals surface area contributed by atoms with Gasteiger partial charge >= 0.3 is 0 Å². The first-order valence-corrected chi connectivity index (χ1v) is 7.25. The van der Waals surface area contributed by atoms with Crippen LogP contribution in [-0.4, -0.2) is 14.7 Å². The Labute approximate surface area is 97.6 Å². The van der Waals surface area contributed by atoms with E-state index in [1.807, 2.05) is 0 Å². The molecule has 0 saturated heterocycles. The summed E-state index contributed by atoms with van der Waals surface area (Å²) in [7, 11) is -3.11. The molecule has 3 nitrogen and oxygen atoms in total. The van der Waals surface area contributed by atoms with E-state index in [0.29, 0.717) is 10.8 Å². The van der Waals surface area contributed by atoms with Crippen molar-refractivity contribution in [3.8, 4) is 0 Å². The maximum absolute atomic E-state index is 11.3. The van der Waals surface area contributed by atoms with Gasteiger partial charge in [0.05, 0.1) is 4.90 Å². The highest BCUT2D eigenvalue weighted by atomic mass is 32.2. The molecule has 0 amide bonds. The van der Waals surface area contributed by atoms with Crippen LogP contribution in [0.4, 0.5) is 0 Å². The summed E-state index contributed by atoms with van der Waals surface area (Å²) in [5.74, 6) is 0.532.